The second kappa shape index (κ2) is 7.90. The zero-order valence-electron chi connectivity index (χ0n) is 15.9. The molecule has 0 saturated heterocycles. The molecule has 2 heterocycles. The van der Waals surface area contributed by atoms with Crippen molar-refractivity contribution >= 4 is 17.6 Å². The fourth-order valence-corrected chi connectivity index (χ4v) is 2.57. The SMILES string of the molecule is COC(=O)c1ccc(-c2nc(Nc3cnn(C(C)C(F)(F)F)c3)ncc2C)cc1. The second-order valence-corrected chi connectivity index (χ2v) is 6.35. The molecule has 152 valence electrons. The van der Waals surface area contributed by atoms with E-state index in [0.29, 0.717) is 16.9 Å². The summed E-state index contributed by atoms with van der Waals surface area (Å²) in [5, 5.41) is 6.61. The molecule has 1 aromatic carbocycles. The first kappa shape index (κ1) is 20.3. The number of alkyl halides is 3. The molecule has 1 atom stereocenters. The summed E-state index contributed by atoms with van der Waals surface area (Å²) in [4.78, 5) is 20.2. The van der Waals surface area contributed by atoms with E-state index in [1.54, 1.807) is 30.5 Å². The Morgan fingerprint density at radius 3 is 2.52 bits per heavy atom. The monoisotopic (exact) mass is 405 g/mol. The topological polar surface area (TPSA) is 81.9 Å². The van der Waals surface area contributed by atoms with Gasteiger partial charge in [-0.15, -0.1) is 0 Å². The molecule has 0 bridgehead atoms. The number of hydrogen-bond acceptors (Lipinski definition) is 6. The van der Waals surface area contributed by atoms with Crippen LogP contribution in [0.3, 0.4) is 0 Å². The summed E-state index contributed by atoms with van der Waals surface area (Å²) in [5.74, 6) is -0.231. The number of nitrogens with one attached hydrogen (secondary N) is 1. The summed E-state index contributed by atoms with van der Waals surface area (Å²) < 4.78 is 44.0. The molecule has 0 amide bonds. The fraction of sp³-hybridized carbons (Fsp3) is 0.263. The number of anilines is 2. The summed E-state index contributed by atoms with van der Waals surface area (Å²) in [6.07, 6.45) is -0.280. The Morgan fingerprint density at radius 1 is 1.21 bits per heavy atom. The van der Waals surface area contributed by atoms with Crippen molar-refractivity contribution in [1.29, 1.82) is 0 Å². The van der Waals surface area contributed by atoms with Gasteiger partial charge in [0.1, 0.15) is 6.04 Å². The van der Waals surface area contributed by atoms with Crippen LogP contribution in [-0.4, -0.2) is 39.0 Å². The van der Waals surface area contributed by atoms with E-state index in [4.69, 9.17) is 0 Å². The lowest BCUT2D eigenvalue weighted by Crippen LogP contribution is -2.23. The molecule has 0 aliphatic carbocycles. The Bertz CT molecular complexity index is 1020. The van der Waals surface area contributed by atoms with Gasteiger partial charge in [0.2, 0.25) is 5.95 Å². The van der Waals surface area contributed by atoms with Crippen molar-refractivity contribution in [1.82, 2.24) is 19.7 Å². The molecular weight excluding hydrogens is 387 g/mol. The predicted octanol–water partition coefficient (Wildman–Crippen LogP) is 4.30. The number of methoxy groups -OCH3 is 1. The van der Waals surface area contributed by atoms with E-state index in [0.717, 1.165) is 22.7 Å². The van der Waals surface area contributed by atoms with E-state index >= 15 is 0 Å². The van der Waals surface area contributed by atoms with Crippen LogP contribution >= 0.6 is 0 Å². The van der Waals surface area contributed by atoms with Gasteiger partial charge in [0.25, 0.3) is 0 Å². The summed E-state index contributed by atoms with van der Waals surface area (Å²) in [5.41, 5.74) is 2.91. The molecule has 0 spiro atoms. The van der Waals surface area contributed by atoms with Gasteiger partial charge in [0.05, 0.1) is 30.3 Å². The fourth-order valence-electron chi connectivity index (χ4n) is 2.57. The van der Waals surface area contributed by atoms with Crippen molar-refractivity contribution in [2.45, 2.75) is 26.1 Å². The van der Waals surface area contributed by atoms with Crippen LogP contribution in [0, 0.1) is 6.92 Å². The highest BCUT2D eigenvalue weighted by Gasteiger charge is 2.37. The number of benzene rings is 1. The van der Waals surface area contributed by atoms with Gasteiger partial charge in [-0.2, -0.15) is 18.3 Å². The highest BCUT2D eigenvalue weighted by Crippen LogP contribution is 2.30. The highest BCUT2D eigenvalue weighted by atomic mass is 19.4. The van der Waals surface area contributed by atoms with Gasteiger partial charge >= 0.3 is 12.1 Å². The molecule has 2 aromatic heterocycles. The third kappa shape index (κ3) is 4.53. The van der Waals surface area contributed by atoms with Gasteiger partial charge in [-0.3, -0.25) is 4.68 Å². The Hall–Kier alpha value is -3.43. The van der Waals surface area contributed by atoms with Crippen molar-refractivity contribution in [2.75, 3.05) is 12.4 Å². The van der Waals surface area contributed by atoms with Gasteiger partial charge in [0.15, 0.2) is 0 Å². The lowest BCUT2D eigenvalue weighted by atomic mass is 10.1. The molecule has 3 rings (SSSR count). The molecule has 0 radical (unpaired) electrons. The average molecular weight is 405 g/mol. The van der Waals surface area contributed by atoms with E-state index < -0.39 is 18.2 Å². The zero-order chi connectivity index (χ0) is 21.2. The van der Waals surface area contributed by atoms with E-state index in [1.165, 1.54) is 19.5 Å². The number of carbonyl (C=O) groups excluding carboxylic acids is 1. The van der Waals surface area contributed by atoms with Gasteiger partial charge in [-0.1, -0.05) is 12.1 Å². The summed E-state index contributed by atoms with van der Waals surface area (Å²) >= 11 is 0. The number of aromatic nitrogens is 4. The minimum Gasteiger partial charge on any atom is -0.465 e. The highest BCUT2D eigenvalue weighted by molar-refractivity contribution is 5.89. The first-order valence-electron chi connectivity index (χ1n) is 8.59. The normalized spacial score (nSPS) is 12.5. The second-order valence-electron chi connectivity index (χ2n) is 6.35. The quantitative estimate of drug-likeness (QED) is 0.638. The lowest BCUT2D eigenvalue weighted by molar-refractivity contribution is -0.165. The number of aryl methyl sites for hydroxylation is 1. The summed E-state index contributed by atoms with van der Waals surface area (Å²) in [6.45, 7) is 2.85. The van der Waals surface area contributed by atoms with Gasteiger partial charge in [-0.05, 0) is 31.5 Å². The zero-order valence-corrected chi connectivity index (χ0v) is 15.9. The van der Waals surface area contributed by atoms with Crippen LogP contribution in [0.2, 0.25) is 0 Å². The number of nitrogens with zero attached hydrogens (tertiary/aromatic N) is 4. The Morgan fingerprint density at radius 2 is 1.90 bits per heavy atom. The molecule has 10 heteroatoms. The van der Waals surface area contributed by atoms with E-state index in [-0.39, 0.29) is 5.95 Å². The minimum atomic E-state index is -4.40. The van der Waals surface area contributed by atoms with E-state index in [1.807, 2.05) is 6.92 Å². The van der Waals surface area contributed by atoms with Crippen molar-refractivity contribution in [3.8, 4) is 11.3 Å². The van der Waals surface area contributed by atoms with Crippen LogP contribution in [0.25, 0.3) is 11.3 Å². The largest absolute Gasteiger partial charge is 0.465 e. The van der Waals surface area contributed by atoms with Crippen molar-refractivity contribution in [3.05, 3.63) is 54.0 Å². The molecule has 1 unspecified atom stereocenters. The maximum absolute atomic E-state index is 12.8. The number of ether oxygens (including phenoxy) is 1. The van der Waals surface area contributed by atoms with Crippen molar-refractivity contribution < 1.29 is 22.7 Å². The maximum atomic E-state index is 12.8. The first-order chi connectivity index (χ1) is 13.7. The van der Waals surface area contributed by atoms with E-state index in [2.05, 4.69) is 25.1 Å². The van der Waals surface area contributed by atoms with Crippen LogP contribution in [0.15, 0.2) is 42.9 Å². The van der Waals surface area contributed by atoms with Crippen LogP contribution in [-0.2, 0) is 4.74 Å². The molecular formula is C19H18F3N5O2. The van der Waals surface area contributed by atoms with Gasteiger partial charge in [-0.25, -0.2) is 14.8 Å². The third-order valence-corrected chi connectivity index (χ3v) is 4.28. The Kier molecular flexibility index (Phi) is 5.53. The van der Waals surface area contributed by atoms with Crippen LogP contribution in [0.5, 0.6) is 0 Å². The van der Waals surface area contributed by atoms with Crippen molar-refractivity contribution in [3.63, 3.8) is 0 Å². The summed E-state index contributed by atoms with van der Waals surface area (Å²) in [7, 11) is 1.31. The number of carbonyl (C=O) groups is 1. The Balaban J connectivity index is 1.83. The molecule has 29 heavy (non-hydrogen) atoms. The first-order valence-corrected chi connectivity index (χ1v) is 8.59. The predicted molar refractivity (Wildman–Crippen MR) is 99.8 cm³/mol. The molecule has 0 aliphatic rings. The molecule has 0 saturated carbocycles. The maximum Gasteiger partial charge on any atom is 0.410 e. The smallest absolute Gasteiger partial charge is 0.410 e. The number of rotatable bonds is 5. The molecule has 0 fully saturated rings. The van der Waals surface area contributed by atoms with Crippen LogP contribution < -0.4 is 5.32 Å². The van der Waals surface area contributed by atoms with Gasteiger partial charge in [0, 0.05) is 18.0 Å². The number of esters is 1. The molecule has 0 aliphatic heterocycles. The number of halogens is 3. The van der Waals surface area contributed by atoms with Crippen LogP contribution in [0.1, 0.15) is 28.9 Å². The number of hydrogen-bond donors (Lipinski definition) is 1. The van der Waals surface area contributed by atoms with Crippen molar-refractivity contribution in [2.24, 2.45) is 0 Å². The van der Waals surface area contributed by atoms with Crippen LogP contribution in [0.4, 0.5) is 24.8 Å². The standard InChI is InChI=1S/C19H18F3N5O2/c1-11-8-23-18(25-15-9-24-27(10-15)12(2)19(20,21)22)26-16(11)13-4-6-14(7-5-13)17(28)29-3/h4-10,12H,1-3H3,(H,23,25,26). The average Bonchev–Trinajstić information content (AvgIpc) is 3.16. The Labute approximate surface area is 164 Å². The minimum absolute atomic E-state index is 0.210. The van der Waals surface area contributed by atoms with Gasteiger partial charge < -0.3 is 10.1 Å². The molecule has 7 nitrogen and oxygen atoms in total. The molecule has 3 aromatic rings. The summed E-state index contributed by atoms with van der Waals surface area (Å²) in [6, 6.07) is 4.96. The lowest BCUT2D eigenvalue weighted by Gasteiger charge is -2.15. The molecule has 1 N–H and O–H groups in total. The van der Waals surface area contributed by atoms with E-state index in [9.17, 15) is 18.0 Å². The third-order valence-electron chi connectivity index (χ3n) is 4.28.